The van der Waals surface area contributed by atoms with Gasteiger partial charge in [-0.2, -0.15) is 5.10 Å². The highest BCUT2D eigenvalue weighted by atomic mass is 15.4. The van der Waals surface area contributed by atoms with Gasteiger partial charge in [0.25, 0.3) is 5.95 Å². The van der Waals surface area contributed by atoms with Crippen LogP contribution in [-0.4, -0.2) is 26.3 Å². The van der Waals surface area contributed by atoms with Crippen LogP contribution < -0.4 is 5.73 Å². The highest BCUT2D eigenvalue weighted by Gasteiger charge is 2.12. The largest absolute Gasteiger partial charge is 0.330 e. The number of nitrogens with two attached hydrogens (primary N) is 1. The topological polar surface area (TPSA) is 69.6 Å². The second-order valence-electron chi connectivity index (χ2n) is 3.65. The molecule has 16 heavy (non-hydrogen) atoms. The lowest BCUT2D eigenvalue weighted by Gasteiger charge is -2.02. The second-order valence-corrected chi connectivity index (χ2v) is 3.65. The van der Waals surface area contributed by atoms with Gasteiger partial charge in [-0.1, -0.05) is 0 Å². The van der Waals surface area contributed by atoms with E-state index >= 15 is 0 Å². The Morgan fingerprint density at radius 3 is 2.56 bits per heavy atom. The van der Waals surface area contributed by atoms with Crippen molar-refractivity contribution in [3.63, 3.8) is 0 Å². The maximum Gasteiger partial charge on any atom is 0.250 e. The molecule has 0 saturated carbocycles. The van der Waals surface area contributed by atoms with Gasteiger partial charge in [-0.25, -0.2) is 14.6 Å². The summed E-state index contributed by atoms with van der Waals surface area (Å²) in [7, 11) is 0. The van der Waals surface area contributed by atoms with Gasteiger partial charge in [0.2, 0.25) is 0 Å². The summed E-state index contributed by atoms with van der Waals surface area (Å²) in [6, 6.07) is 1.79. The molecule has 0 amide bonds. The van der Waals surface area contributed by atoms with Crippen molar-refractivity contribution in [2.45, 2.75) is 20.3 Å². The van der Waals surface area contributed by atoms with Crippen LogP contribution in [0.4, 0.5) is 0 Å². The van der Waals surface area contributed by atoms with Crippen LogP contribution in [0.3, 0.4) is 0 Å². The molecule has 0 aliphatic heterocycles. The van der Waals surface area contributed by atoms with Gasteiger partial charge in [0.1, 0.15) is 0 Å². The number of hydrogen-bond acceptors (Lipinski definition) is 4. The van der Waals surface area contributed by atoms with Gasteiger partial charge in [-0.15, -0.1) is 0 Å². The first-order valence-corrected chi connectivity index (χ1v) is 5.26. The van der Waals surface area contributed by atoms with Crippen molar-refractivity contribution in [2.75, 3.05) is 6.54 Å². The van der Waals surface area contributed by atoms with E-state index in [0.717, 1.165) is 17.8 Å². The van der Waals surface area contributed by atoms with Crippen molar-refractivity contribution in [1.82, 2.24) is 19.7 Å². The van der Waals surface area contributed by atoms with Crippen molar-refractivity contribution in [1.29, 1.82) is 0 Å². The fraction of sp³-hybridized carbons (Fsp3) is 0.364. The van der Waals surface area contributed by atoms with Crippen LogP contribution in [0.5, 0.6) is 0 Å². The van der Waals surface area contributed by atoms with E-state index in [1.165, 1.54) is 5.56 Å². The van der Waals surface area contributed by atoms with E-state index in [9.17, 15) is 0 Å². The number of nitrogens with zero attached hydrogens (tertiary/aromatic N) is 4. The molecule has 2 rings (SSSR count). The molecule has 2 aromatic rings. The predicted molar refractivity (Wildman–Crippen MR) is 61.4 cm³/mol. The molecule has 0 atom stereocenters. The summed E-state index contributed by atoms with van der Waals surface area (Å²) in [5.74, 6) is 0.603. The lowest BCUT2D eigenvalue weighted by molar-refractivity contribution is 0.772. The van der Waals surface area contributed by atoms with E-state index in [0.29, 0.717) is 12.5 Å². The van der Waals surface area contributed by atoms with E-state index < -0.39 is 0 Å². The van der Waals surface area contributed by atoms with Crippen LogP contribution in [0.25, 0.3) is 5.95 Å². The Labute approximate surface area is 94.3 Å². The van der Waals surface area contributed by atoms with Crippen LogP contribution >= 0.6 is 0 Å². The summed E-state index contributed by atoms with van der Waals surface area (Å²) in [5, 5.41) is 4.44. The van der Waals surface area contributed by atoms with Crippen molar-refractivity contribution >= 4 is 0 Å². The van der Waals surface area contributed by atoms with Gasteiger partial charge in [-0.3, -0.25) is 0 Å². The maximum atomic E-state index is 5.58. The zero-order valence-corrected chi connectivity index (χ0v) is 9.51. The first kappa shape index (κ1) is 10.8. The van der Waals surface area contributed by atoms with Gasteiger partial charge in [0.15, 0.2) is 0 Å². The summed E-state index contributed by atoms with van der Waals surface area (Å²) in [5.41, 5.74) is 8.83. The van der Waals surface area contributed by atoms with Crippen molar-refractivity contribution in [3.05, 3.63) is 35.4 Å². The number of aromatic nitrogens is 4. The molecule has 0 radical (unpaired) electrons. The molecule has 0 aliphatic carbocycles. The van der Waals surface area contributed by atoms with Crippen LogP contribution in [0, 0.1) is 13.8 Å². The van der Waals surface area contributed by atoms with Crippen LogP contribution in [0.15, 0.2) is 18.5 Å². The van der Waals surface area contributed by atoms with Crippen LogP contribution in [-0.2, 0) is 6.42 Å². The summed E-state index contributed by atoms with van der Waals surface area (Å²) in [4.78, 5) is 8.36. The molecule has 5 nitrogen and oxygen atoms in total. The Hall–Kier alpha value is -1.75. The Bertz CT molecular complexity index is 475. The molecule has 0 aromatic carbocycles. The Morgan fingerprint density at radius 1 is 1.25 bits per heavy atom. The smallest absolute Gasteiger partial charge is 0.250 e. The van der Waals surface area contributed by atoms with Gasteiger partial charge in [0, 0.05) is 18.1 Å². The summed E-state index contributed by atoms with van der Waals surface area (Å²) < 4.78 is 1.76. The molecule has 84 valence electrons. The van der Waals surface area contributed by atoms with E-state index in [-0.39, 0.29) is 0 Å². The molecule has 0 spiro atoms. The molecule has 2 N–H and O–H groups in total. The molecule has 0 aliphatic rings. The summed E-state index contributed by atoms with van der Waals surface area (Å²) in [6.07, 6.45) is 4.26. The Kier molecular flexibility index (Phi) is 2.96. The molecule has 2 heterocycles. The summed E-state index contributed by atoms with van der Waals surface area (Å²) in [6.45, 7) is 4.63. The highest BCUT2D eigenvalue weighted by Crippen LogP contribution is 2.15. The molecule has 2 aromatic heterocycles. The highest BCUT2D eigenvalue weighted by molar-refractivity contribution is 5.29. The second kappa shape index (κ2) is 4.40. The normalized spacial score (nSPS) is 10.7. The lowest BCUT2D eigenvalue weighted by Crippen LogP contribution is -2.06. The fourth-order valence-electron chi connectivity index (χ4n) is 1.78. The third kappa shape index (κ3) is 1.81. The molecule has 0 unspecified atom stereocenters. The van der Waals surface area contributed by atoms with Gasteiger partial charge < -0.3 is 5.73 Å². The van der Waals surface area contributed by atoms with Gasteiger partial charge >= 0.3 is 0 Å². The maximum absolute atomic E-state index is 5.58. The average molecular weight is 217 g/mol. The number of aryl methyl sites for hydroxylation is 1. The van der Waals surface area contributed by atoms with Crippen molar-refractivity contribution in [3.8, 4) is 5.95 Å². The SMILES string of the molecule is Cc1nn(-c2ncccn2)c(C)c1CCN. The van der Waals surface area contributed by atoms with E-state index in [4.69, 9.17) is 5.73 Å². The molecule has 0 saturated heterocycles. The van der Waals surface area contributed by atoms with Gasteiger partial charge in [0.05, 0.1) is 5.69 Å². The third-order valence-electron chi connectivity index (χ3n) is 2.58. The summed E-state index contributed by atoms with van der Waals surface area (Å²) >= 11 is 0. The zero-order chi connectivity index (χ0) is 11.5. The molecular formula is C11H15N5. The minimum absolute atomic E-state index is 0.603. The molecule has 0 fully saturated rings. The van der Waals surface area contributed by atoms with Crippen LogP contribution in [0.1, 0.15) is 17.0 Å². The average Bonchev–Trinajstić information content (AvgIpc) is 2.59. The molecule has 0 bridgehead atoms. The van der Waals surface area contributed by atoms with E-state index in [1.807, 2.05) is 13.8 Å². The minimum atomic E-state index is 0.603. The van der Waals surface area contributed by atoms with Crippen molar-refractivity contribution < 1.29 is 0 Å². The predicted octanol–water partition coefficient (Wildman–Crippen LogP) is 0.780. The van der Waals surface area contributed by atoms with Gasteiger partial charge in [-0.05, 0) is 38.4 Å². The quantitative estimate of drug-likeness (QED) is 0.824. The molecular weight excluding hydrogens is 202 g/mol. The van der Waals surface area contributed by atoms with Crippen molar-refractivity contribution in [2.24, 2.45) is 5.73 Å². The standard InChI is InChI=1S/C11H15N5/c1-8-10(4-5-12)9(2)16(15-8)11-13-6-3-7-14-11/h3,6-7H,4-5,12H2,1-2H3. The fourth-order valence-corrected chi connectivity index (χ4v) is 1.78. The molecule has 5 heteroatoms. The first-order valence-electron chi connectivity index (χ1n) is 5.26. The lowest BCUT2D eigenvalue weighted by atomic mass is 10.1. The van der Waals surface area contributed by atoms with E-state index in [1.54, 1.807) is 23.1 Å². The Morgan fingerprint density at radius 2 is 1.94 bits per heavy atom. The minimum Gasteiger partial charge on any atom is -0.330 e. The number of hydrogen-bond donors (Lipinski definition) is 1. The third-order valence-corrected chi connectivity index (χ3v) is 2.58. The zero-order valence-electron chi connectivity index (χ0n) is 9.51. The monoisotopic (exact) mass is 217 g/mol. The Balaban J connectivity index is 2.47. The van der Waals surface area contributed by atoms with E-state index in [2.05, 4.69) is 15.1 Å². The number of rotatable bonds is 3. The first-order chi connectivity index (χ1) is 7.74. The van der Waals surface area contributed by atoms with Crippen LogP contribution in [0.2, 0.25) is 0 Å².